The summed E-state index contributed by atoms with van der Waals surface area (Å²) in [5.41, 5.74) is 0. The topological polar surface area (TPSA) is 77.6 Å². The van der Waals surface area contributed by atoms with Crippen LogP contribution >= 0.6 is 0 Å². The molecule has 0 aliphatic carbocycles. The van der Waals surface area contributed by atoms with Crippen molar-refractivity contribution in [2.24, 2.45) is 0 Å². The SMILES string of the molecule is Cc1nc(C)n(CCCNC(=O)[C@H](C)n2cccn2)n1. The first-order valence-corrected chi connectivity index (χ1v) is 6.73. The molecular weight excluding hydrogens is 256 g/mol. The van der Waals surface area contributed by atoms with Crippen molar-refractivity contribution in [3.63, 3.8) is 0 Å². The Bertz CT molecular complexity index is 559. The molecule has 1 amide bonds. The molecule has 0 unspecified atom stereocenters. The molecule has 0 aliphatic rings. The van der Waals surface area contributed by atoms with Crippen molar-refractivity contribution in [3.8, 4) is 0 Å². The van der Waals surface area contributed by atoms with Crippen LogP contribution in [0.2, 0.25) is 0 Å². The largest absolute Gasteiger partial charge is 0.354 e. The van der Waals surface area contributed by atoms with Crippen molar-refractivity contribution in [2.45, 2.75) is 39.8 Å². The first kappa shape index (κ1) is 14.2. The summed E-state index contributed by atoms with van der Waals surface area (Å²) in [5, 5.41) is 11.2. The molecule has 7 nitrogen and oxygen atoms in total. The maximum absolute atomic E-state index is 11.9. The second-order valence-corrected chi connectivity index (χ2v) is 4.74. The van der Waals surface area contributed by atoms with Crippen molar-refractivity contribution in [1.82, 2.24) is 29.9 Å². The van der Waals surface area contributed by atoms with Crippen molar-refractivity contribution in [1.29, 1.82) is 0 Å². The number of carbonyl (C=O) groups is 1. The lowest BCUT2D eigenvalue weighted by Gasteiger charge is -2.12. The van der Waals surface area contributed by atoms with Gasteiger partial charge >= 0.3 is 0 Å². The average molecular weight is 276 g/mol. The highest BCUT2D eigenvalue weighted by Gasteiger charge is 2.13. The summed E-state index contributed by atoms with van der Waals surface area (Å²) >= 11 is 0. The van der Waals surface area contributed by atoms with Crippen LogP contribution in [0.15, 0.2) is 18.5 Å². The van der Waals surface area contributed by atoms with E-state index < -0.39 is 0 Å². The van der Waals surface area contributed by atoms with Gasteiger partial charge in [-0.05, 0) is 33.3 Å². The molecule has 0 saturated carbocycles. The third kappa shape index (κ3) is 3.43. The fourth-order valence-corrected chi connectivity index (χ4v) is 1.99. The molecule has 0 spiro atoms. The predicted octanol–water partition coefficient (Wildman–Crippen LogP) is 0.859. The molecule has 0 aliphatic heterocycles. The highest BCUT2D eigenvalue weighted by Crippen LogP contribution is 2.03. The Kier molecular flexibility index (Phi) is 4.49. The van der Waals surface area contributed by atoms with Gasteiger partial charge in [0, 0.05) is 25.5 Å². The molecule has 0 aromatic carbocycles. The summed E-state index contributed by atoms with van der Waals surface area (Å²) in [4.78, 5) is 16.2. The summed E-state index contributed by atoms with van der Waals surface area (Å²) in [6, 6.07) is 1.51. The Morgan fingerprint density at radius 1 is 1.45 bits per heavy atom. The summed E-state index contributed by atoms with van der Waals surface area (Å²) in [6.45, 7) is 6.99. The summed E-state index contributed by atoms with van der Waals surface area (Å²) in [6.07, 6.45) is 4.27. The van der Waals surface area contributed by atoms with E-state index in [0.717, 1.165) is 24.6 Å². The maximum Gasteiger partial charge on any atom is 0.244 e. The van der Waals surface area contributed by atoms with Crippen LogP contribution in [0.1, 0.15) is 31.0 Å². The van der Waals surface area contributed by atoms with Gasteiger partial charge in [0.25, 0.3) is 0 Å². The highest BCUT2D eigenvalue weighted by molar-refractivity contribution is 5.79. The molecule has 2 heterocycles. The Morgan fingerprint density at radius 3 is 2.85 bits per heavy atom. The Morgan fingerprint density at radius 2 is 2.25 bits per heavy atom. The van der Waals surface area contributed by atoms with Crippen LogP contribution in [0.4, 0.5) is 0 Å². The smallest absolute Gasteiger partial charge is 0.244 e. The Hall–Kier alpha value is -2.18. The lowest BCUT2D eigenvalue weighted by molar-refractivity contribution is -0.124. The maximum atomic E-state index is 11.9. The van der Waals surface area contributed by atoms with E-state index >= 15 is 0 Å². The number of aryl methyl sites for hydroxylation is 3. The van der Waals surface area contributed by atoms with Gasteiger partial charge < -0.3 is 5.32 Å². The van der Waals surface area contributed by atoms with Gasteiger partial charge in [0.05, 0.1) is 0 Å². The number of hydrogen-bond acceptors (Lipinski definition) is 4. The highest BCUT2D eigenvalue weighted by atomic mass is 16.2. The van der Waals surface area contributed by atoms with E-state index in [1.807, 2.05) is 25.5 Å². The van der Waals surface area contributed by atoms with Gasteiger partial charge in [0.15, 0.2) is 0 Å². The van der Waals surface area contributed by atoms with Crippen LogP contribution in [0, 0.1) is 13.8 Å². The fraction of sp³-hybridized carbons (Fsp3) is 0.538. The van der Waals surface area contributed by atoms with Crippen molar-refractivity contribution < 1.29 is 4.79 Å². The number of nitrogens with zero attached hydrogens (tertiary/aromatic N) is 5. The average Bonchev–Trinajstić information content (AvgIpc) is 3.03. The normalized spacial score (nSPS) is 12.3. The molecule has 108 valence electrons. The van der Waals surface area contributed by atoms with Crippen molar-refractivity contribution in [3.05, 3.63) is 30.1 Å². The molecule has 0 bridgehead atoms. The van der Waals surface area contributed by atoms with E-state index in [2.05, 4.69) is 20.5 Å². The number of hydrogen-bond donors (Lipinski definition) is 1. The second-order valence-electron chi connectivity index (χ2n) is 4.74. The minimum absolute atomic E-state index is 0.0276. The van der Waals surface area contributed by atoms with Crippen LogP contribution in [-0.4, -0.2) is 37.0 Å². The zero-order valence-corrected chi connectivity index (χ0v) is 12.1. The minimum atomic E-state index is -0.291. The number of aromatic nitrogens is 5. The van der Waals surface area contributed by atoms with E-state index in [1.54, 1.807) is 23.1 Å². The third-order valence-electron chi connectivity index (χ3n) is 3.11. The van der Waals surface area contributed by atoms with Crippen molar-refractivity contribution in [2.75, 3.05) is 6.54 Å². The van der Waals surface area contributed by atoms with Gasteiger partial charge in [-0.1, -0.05) is 0 Å². The number of carbonyl (C=O) groups excluding carboxylic acids is 1. The fourth-order valence-electron chi connectivity index (χ4n) is 1.99. The van der Waals surface area contributed by atoms with E-state index in [0.29, 0.717) is 6.54 Å². The van der Waals surface area contributed by atoms with E-state index in [-0.39, 0.29) is 11.9 Å². The summed E-state index contributed by atoms with van der Waals surface area (Å²) in [5.74, 6) is 1.65. The molecule has 1 atom stereocenters. The molecular formula is C13H20N6O. The lowest BCUT2D eigenvalue weighted by Crippen LogP contribution is -2.32. The van der Waals surface area contributed by atoms with Crippen LogP contribution < -0.4 is 5.32 Å². The van der Waals surface area contributed by atoms with Crippen molar-refractivity contribution >= 4 is 5.91 Å². The molecule has 0 radical (unpaired) electrons. The van der Waals surface area contributed by atoms with Crippen LogP contribution in [0.25, 0.3) is 0 Å². The van der Waals surface area contributed by atoms with Crippen LogP contribution in [0.5, 0.6) is 0 Å². The number of nitrogens with one attached hydrogen (secondary N) is 1. The molecule has 0 fully saturated rings. The zero-order chi connectivity index (χ0) is 14.5. The predicted molar refractivity (Wildman–Crippen MR) is 74.1 cm³/mol. The minimum Gasteiger partial charge on any atom is -0.354 e. The lowest BCUT2D eigenvalue weighted by atomic mass is 10.3. The molecule has 20 heavy (non-hydrogen) atoms. The summed E-state index contributed by atoms with van der Waals surface area (Å²) < 4.78 is 3.50. The van der Waals surface area contributed by atoms with Crippen LogP contribution in [0.3, 0.4) is 0 Å². The van der Waals surface area contributed by atoms with Gasteiger partial charge in [0.1, 0.15) is 17.7 Å². The first-order chi connectivity index (χ1) is 9.58. The first-order valence-electron chi connectivity index (χ1n) is 6.73. The molecule has 7 heteroatoms. The van der Waals surface area contributed by atoms with Gasteiger partial charge in [-0.15, -0.1) is 0 Å². The van der Waals surface area contributed by atoms with E-state index in [4.69, 9.17) is 0 Å². The van der Waals surface area contributed by atoms with Gasteiger partial charge in [0.2, 0.25) is 5.91 Å². The molecule has 2 aromatic rings. The van der Waals surface area contributed by atoms with Gasteiger partial charge in [-0.3, -0.25) is 14.2 Å². The molecule has 2 aromatic heterocycles. The molecule has 2 rings (SSSR count). The monoisotopic (exact) mass is 276 g/mol. The number of amides is 1. The molecule has 1 N–H and O–H groups in total. The quantitative estimate of drug-likeness (QED) is 0.794. The second kappa shape index (κ2) is 6.31. The number of rotatable bonds is 6. The van der Waals surface area contributed by atoms with E-state index in [9.17, 15) is 4.79 Å². The Balaban J connectivity index is 1.73. The molecule has 0 saturated heterocycles. The summed E-state index contributed by atoms with van der Waals surface area (Å²) in [7, 11) is 0. The Labute approximate surface area is 118 Å². The van der Waals surface area contributed by atoms with Gasteiger partial charge in [-0.2, -0.15) is 10.2 Å². The standard InChI is InChI=1S/C13H20N6O/c1-10(18-8-5-7-15-18)13(20)14-6-4-9-19-12(3)16-11(2)17-19/h5,7-8,10H,4,6,9H2,1-3H3,(H,14,20)/t10-/m0/s1. The third-order valence-corrected chi connectivity index (χ3v) is 3.11. The van der Waals surface area contributed by atoms with Crippen LogP contribution in [-0.2, 0) is 11.3 Å². The van der Waals surface area contributed by atoms with E-state index in [1.165, 1.54) is 0 Å². The van der Waals surface area contributed by atoms with Gasteiger partial charge in [-0.25, -0.2) is 4.98 Å². The zero-order valence-electron chi connectivity index (χ0n) is 12.1.